The van der Waals surface area contributed by atoms with Crippen molar-refractivity contribution in [1.29, 1.82) is 0 Å². The van der Waals surface area contributed by atoms with Gasteiger partial charge in [-0.1, -0.05) is 26.8 Å². The lowest BCUT2D eigenvalue weighted by Gasteiger charge is -2.53. The third kappa shape index (κ3) is 4.37. The molecule has 2 aliphatic carbocycles. The van der Waals surface area contributed by atoms with Crippen molar-refractivity contribution < 1.29 is 14.6 Å². The average molecular weight is 422 g/mol. The molecule has 0 bridgehead atoms. The van der Waals surface area contributed by atoms with Crippen LogP contribution in [0.5, 0.6) is 0 Å². The van der Waals surface area contributed by atoms with Gasteiger partial charge < -0.3 is 20.5 Å². The standard InChI is InChI=1S/C22H35N3O3S/c1-6-9-24-21-25-18-14(3)17-19(26)15(13(2)20(27)23-10-11-28-5)7-8-22(17,4)12-16(18)29-21/h6,13-15,17,19,26H,1,7-12H2,2-5H3,(H,23,27)(H,24,25)/t13-,14-,15+,17+,19-,22-/m0/s1. The van der Waals surface area contributed by atoms with E-state index in [-0.39, 0.29) is 35.0 Å². The summed E-state index contributed by atoms with van der Waals surface area (Å²) < 4.78 is 5.02. The fourth-order valence-electron chi connectivity index (χ4n) is 5.41. The van der Waals surface area contributed by atoms with Gasteiger partial charge in [-0.3, -0.25) is 4.79 Å². The molecule has 1 saturated carbocycles. The van der Waals surface area contributed by atoms with Crippen molar-refractivity contribution in [3.05, 3.63) is 23.2 Å². The number of anilines is 1. The number of hydrogen-bond acceptors (Lipinski definition) is 6. The summed E-state index contributed by atoms with van der Waals surface area (Å²) in [4.78, 5) is 18.7. The number of rotatable bonds is 8. The second-order valence-electron chi connectivity index (χ2n) is 8.91. The Morgan fingerprint density at radius 1 is 1.55 bits per heavy atom. The van der Waals surface area contributed by atoms with Gasteiger partial charge in [0.2, 0.25) is 5.91 Å². The second kappa shape index (κ2) is 9.14. The van der Waals surface area contributed by atoms with E-state index in [0.717, 1.165) is 30.1 Å². The molecule has 2 aliphatic rings. The van der Waals surface area contributed by atoms with E-state index in [1.807, 2.05) is 13.0 Å². The van der Waals surface area contributed by atoms with Crippen LogP contribution in [0.1, 0.15) is 50.1 Å². The number of amides is 1. The number of aliphatic hydroxyl groups excluding tert-OH is 1. The molecule has 0 spiro atoms. The van der Waals surface area contributed by atoms with Gasteiger partial charge in [0.05, 0.1) is 18.4 Å². The topological polar surface area (TPSA) is 83.5 Å². The lowest BCUT2D eigenvalue weighted by Crippen LogP contribution is -2.53. The molecule has 0 radical (unpaired) electrons. The first-order valence-electron chi connectivity index (χ1n) is 10.6. The van der Waals surface area contributed by atoms with E-state index in [9.17, 15) is 9.90 Å². The van der Waals surface area contributed by atoms with E-state index < -0.39 is 6.10 Å². The Labute approximate surface area is 178 Å². The molecule has 0 aromatic carbocycles. The molecule has 3 rings (SSSR count). The normalized spacial score (nSPS) is 32.0. The maximum Gasteiger partial charge on any atom is 0.223 e. The molecular formula is C22H35N3O3S. The van der Waals surface area contributed by atoms with Gasteiger partial charge in [0.15, 0.2) is 5.13 Å². The number of methoxy groups -OCH3 is 1. The minimum absolute atomic E-state index is 0.00317. The highest BCUT2D eigenvalue weighted by Crippen LogP contribution is 2.57. The van der Waals surface area contributed by atoms with E-state index in [2.05, 4.69) is 31.1 Å². The Morgan fingerprint density at radius 3 is 3.00 bits per heavy atom. The molecule has 1 aromatic rings. The highest BCUT2D eigenvalue weighted by atomic mass is 32.1. The van der Waals surface area contributed by atoms with Crippen LogP contribution in [0.25, 0.3) is 0 Å². The molecule has 1 heterocycles. The smallest absolute Gasteiger partial charge is 0.223 e. The van der Waals surface area contributed by atoms with Crippen LogP contribution in [0.2, 0.25) is 0 Å². The van der Waals surface area contributed by atoms with Crippen LogP contribution in [0.15, 0.2) is 12.7 Å². The number of nitrogens with zero attached hydrogens (tertiary/aromatic N) is 1. The average Bonchev–Trinajstić information content (AvgIpc) is 3.08. The van der Waals surface area contributed by atoms with E-state index >= 15 is 0 Å². The zero-order valence-electron chi connectivity index (χ0n) is 18.0. The summed E-state index contributed by atoms with van der Waals surface area (Å²) in [5.41, 5.74) is 1.15. The van der Waals surface area contributed by atoms with Gasteiger partial charge >= 0.3 is 0 Å². The first-order valence-corrected chi connectivity index (χ1v) is 11.4. The minimum atomic E-state index is -0.508. The summed E-state index contributed by atoms with van der Waals surface area (Å²) in [7, 11) is 1.62. The number of carbonyl (C=O) groups is 1. The summed E-state index contributed by atoms with van der Waals surface area (Å²) in [6.45, 7) is 11.9. The van der Waals surface area contributed by atoms with E-state index in [4.69, 9.17) is 9.72 Å². The second-order valence-corrected chi connectivity index (χ2v) is 9.99. The Kier molecular flexibility index (Phi) is 7.02. The van der Waals surface area contributed by atoms with E-state index in [0.29, 0.717) is 19.7 Å². The van der Waals surface area contributed by atoms with Gasteiger partial charge in [-0.05, 0) is 36.5 Å². The molecule has 6 nitrogen and oxygen atoms in total. The van der Waals surface area contributed by atoms with Gasteiger partial charge in [0.1, 0.15) is 0 Å². The maximum atomic E-state index is 12.6. The van der Waals surface area contributed by atoms with Crippen LogP contribution >= 0.6 is 11.3 Å². The molecule has 3 N–H and O–H groups in total. The molecule has 29 heavy (non-hydrogen) atoms. The van der Waals surface area contributed by atoms with Gasteiger partial charge in [0.25, 0.3) is 0 Å². The number of hydrogen-bond donors (Lipinski definition) is 3. The Balaban J connectivity index is 1.77. The zero-order chi connectivity index (χ0) is 21.2. The third-order valence-corrected chi connectivity index (χ3v) is 8.01. The predicted molar refractivity (Wildman–Crippen MR) is 117 cm³/mol. The van der Waals surface area contributed by atoms with Gasteiger partial charge in [0, 0.05) is 36.9 Å². The van der Waals surface area contributed by atoms with Crippen LogP contribution in [0, 0.1) is 23.2 Å². The first-order chi connectivity index (χ1) is 13.8. The summed E-state index contributed by atoms with van der Waals surface area (Å²) in [5.74, 6) is 0.0264. The fraction of sp³-hybridized carbons (Fsp3) is 0.727. The molecule has 0 aliphatic heterocycles. The third-order valence-electron chi connectivity index (χ3n) is 6.98. The van der Waals surface area contributed by atoms with Crippen LogP contribution < -0.4 is 10.6 Å². The lowest BCUT2D eigenvalue weighted by atomic mass is 9.53. The van der Waals surface area contributed by atoms with Gasteiger partial charge in [-0.2, -0.15) is 0 Å². The minimum Gasteiger partial charge on any atom is -0.392 e. The largest absolute Gasteiger partial charge is 0.392 e. The summed E-state index contributed by atoms with van der Waals surface area (Å²) >= 11 is 1.73. The number of thiazole rings is 1. The van der Waals surface area contributed by atoms with Gasteiger partial charge in [-0.15, -0.1) is 17.9 Å². The monoisotopic (exact) mass is 421 g/mol. The maximum absolute atomic E-state index is 12.6. The molecule has 1 amide bonds. The van der Waals surface area contributed by atoms with Crippen molar-refractivity contribution in [2.24, 2.45) is 23.2 Å². The molecule has 162 valence electrons. The summed E-state index contributed by atoms with van der Waals surface area (Å²) in [6, 6.07) is 0. The SMILES string of the molecule is C=CCNc1nc2c(s1)C[C@]1(C)CC[C@H]([C@H](C)C(=O)NCCOC)[C@H](O)[C@H]1[C@@H]2C. The zero-order valence-corrected chi connectivity index (χ0v) is 18.8. The molecule has 6 atom stereocenters. The van der Waals surface area contributed by atoms with Crippen molar-refractivity contribution in [3.8, 4) is 0 Å². The fourth-order valence-corrected chi connectivity index (χ4v) is 6.68. The van der Waals surface area contributed by atoms with E-state index in [1.54, 1.807) is 18.4 Å². The van der Waals surface area contributed by atoms with Crippen molar-refractivity contribution in [1.82, 2.24) is 10.3 Å². The van der Waals surface area contributed by atoms with Crippen LogP contribution in [0.3, 0.4) is 0 Å². The van der Waals surface area contributed by atoms with E-state index in [1.165, 1.54) is 4.88 Å². The number of nitrogens with one attached hydrogen (secondary N) is 2. The van der Waals surface area contributed by atoms with Crippen molar-refractivity contribution in [3.63, 3.8) is 0 Å². The summed E-state index contributed by atoms with van der Waals surface area (Å²) in [5, 5.41) is 18.6. The van der Waals surface area contributed by atoms with Crippen LogP contribution in [-0.4, -0.2) is 48.9 Å². The first kappa shape index (κ1) is 22.2. The highest BCUT2D eigenvalue weighted by Gasteiger charge is 2.53. The van der Waals surface area contributed by atoms with Crippen molar-refractivity contribution in [2.45, 2.75) is 52.1 Å². The van der Waals surface area contributed by atoms with Crippen molar-refractivity contribution in [2.75, 3.05) is 32.1 Å². The Hall–Kier alpha value is -1.44. The highest BCUT2D eigenvalue weighted by molar-refractivity contribution is 7.15. The lowest BCUT2D eigenvalue weighted by molar-refractivity contribution is -0.135. The molecule has 7 heteroatoms. The quantitative estimate of drug-likeness (QED) is 0.443. The number of aromatic nitrogens is 1. The predicted octanol–water partition coefficient (Wildman–Crippen LogP) is 3.19. The van der Waals surface area contributed by atoms with Crippen LogP contribution in [-0.2, 0) is 16.0 Å². The Morgan fingerprint density at radius 2 is 2.31 bits per heavy atom. The Bertz CT molecular complexity index is 737. The molecule has 1 aromatic heterocycles. The number of fused-ring (bicyclic) bond motifs is 2. The summed E-state index contributed by atoms with van der Waals surface area (Å²) in [6.07, 6.45) is 4.16. The number of ether oxygens (including phenoxy) is 1. The van der Waals surface area contributed by atoms with Gasteiger partial charge in [-0.25, -0.2) is 4.98 Å². The molecule has 0 unspecified atom stereocenters. The molecular weight excluding hydrogens is 386 g/mol. The molecule has 1 fully saturated rings. The number of aliphatic hydroxyl groups is 1. The van der Waals surface area contributed by atoms with Crippen LogP contribution in [0.4, 0.5) is 5.13 Å². The molecule has 0 saturated heterocycles. The van der Waals surface area contributed by atoms with Crippen molar-refractivity contribution >= 4 is 22.4 Å². The number of carbonyl (C=O) groups excluding carboxylic acids is 1.